The molecule has 1 aromatic carbocycles. The average Bonchev–Trinajstić information content (AvgIpc) is 2.50. The van der Waals surface area contributed by atoms with Crippen molar-refractivity contribution in [2.75, 3.05) is 25.0 Å². The van der Waals surface area contributed by atoms with Crippen LogP contribution >= 0.6 is 0 Å². The number of nitrogens with two attached hydrogens (primary N) is 1. The second-order valence-corrected chi connectivity index (χ2v) is 5.87. The van der Waals surface area contributed by atoms with E-state index in [1.54, 1.807) is 0 Å². The van der Waals surface area contributed by atoms with Crippen molar-refractivity contribution in [3.63, 3.8) is 0 Å². The Kier molecular flexibility index (Phi) is 7.64. The highest BCUT2D eigenvalue weighted by molar-refractivity contribution is 5.92. The molecule has 0 bridgehead atoms. The van der Waals surface area contributed by atoms with Crippen LogP contribution in [0, 0.1) is 0 Å². The molecule has 152 valence electrons. The lowest BCUT2D eigenvalue weighted by Gasteiger charge is -2.20. The number of hydrogen-bond acceptors (Lipinski definition) is 3. The molecular weight excluding hydrogens is 380 g/mol. The Labute approximate surface area is 151 Å². The molecular formula is C16H19F6N3O2. The van der Waals surface area contributed by atoms with Crippen LogP contribution in [-0.4, -0.2) is 36.3 Å². The summed E-state index contributed by atoms with van der Waals surface area (Å²) >= 11 is 0. The second kappa shape index (κ2) is 9.07. The largest absolute Gasteiger partial charge is 0.416 e. The minimum atomic E-state index is -5.01. The van der Waals surface area contributed by atoms with Gasteiger partial charge in [-0.25, -0.2) is 0 Å². The fourth-order valence-electron chi connectivity index (χ4n) is 2.25. The zero-order chi connectivity index (χ0) is 20.8. The van der Waals surface area contributed by atoms with Gasteiger partial charge in [-0.15, -0.1) is 0 Å². The number of nitrogens with zero attached hydrogens (tertiary/aromatic N) is 1. The van der Waals surface area contributed by atoms with Crippen molar-refractivity contribution in [3.8, 4) is 0 Å². The highest BCUT2D eigenvalue weighted by Crippen LogP contribution is 2.37. The van der Waals surface area contributed by atoms with Crippen molar-refractivity contribution < 1.29 is 35.9 Å². The van der Waals surface area contributed by atoms with E-state index >= 15 is 0 Å². The van der Waals surface area contributed by atoms with Gasteiger partial charge in [-0.2, -0.15) is 26.3 Å². The molecule has 5 nitrogen and oxygen atoms in total. The third-order valence-corrected chi connectivity index (χ3v) is 3.45. The lowest BCUT2D eigenvalue weighted by atomic mass is 10.1. The zero-order valence-electron chi connectivity index (χ0n) is 14.4. The molecule has 0 radical (unpaired) electrons. The summed E-state index contributed by atoms with van der Waals surface area (Å²) in [6.07, 6.45) is -8.65. The van der Waals surface area contributed by atoms with Gasteiger partial charge in [0.1, 0.15) is 0 Å². The number of rotatable bonds is 8. The van der Waals surface area contributed by atoms with Crippen molar-refractivity contribution in [1.29, 1.82) is 0 Å². The molecule has 11 heteroatoms. The summed E-state index contributed by atoms with van der Waals surface area (Å²) in [5.74, 6) is -1.57. The molecule has 0 atom stereocenters. The number of halogens is 6. The van der Waals surface area contributed by atoms with Crippen molar-refractivity contribution >= 4 is 17.5 Å². The van der Waals surface area contributed by atoms with Gasteiger partial charge >= 0.3 is 12.4 Å². The monoisotopic (exact) mass is 399 g/mol. The predicted octanol–water partition coefficient (Wildman–Crippen LogP) is 3.25. The van der Waals surface area contributed by atoms with Gasteiger partial charge in [0.15, 0.2) is 0 Å². The number of hydrogen-bond donors (Lipinski definition) is 2. The normalized spacial score (nSPS) is 12.3. The SMILES string of the molecule is CCCCN(CC(N)=O)CC(=O)Nc1cc(C(F)(F)F)cc(C(F)(F)F)c1. The third-order valence-electron chi connectivity index (χ3n) is 3.45. The minimum absolute atomic E-state index is 0.0315. The summed E-state index contributed by atoms with van der Waals surface area (Å²) in [6, 6.07) is 0.797. The number of nitrogens with one attached hydrogen (secondary N) is 1. The first-order valence-corrected chi connectivity index (χ1v) is 7.93. The van der Waals surface area contributed by atoms with E-state index in [2.05, 4.69) is 0 Å². The predicted molar refractivity (Wildman–Crippen MR) is 85.6 cm³/mol. The first-order chi connectivity index (χ1) is 12.3. The van der Waals surface area contributed by atoms with Gasteiger partial charge in [0, 0.05) is 5.69 Å². The van der Waals surface area contributed by atoms with Crippen molar-refractivity contribution in [2.45, 2.75) is 32.1 Å². The van der Waals surface area contributed by atoms with E-state index < -0.39 is 47.5 Å². The quantitative estimate of drug-likeness (QED) is 0.659. The van der Waals surface area contributed by atoms with Crippen LogP contribution in [0.15, 0.2) is 18.2 Å². The molecule has 0 aromatic heterocycles. The molecule has 0 spiro atoms. The molecule has 2 amide bonds. The highest BCUT2D eigenvalue weighted by atomic mass is 19.4. The van der Waals surface area contributed by atoms with Crippen LogP contribution in [0.3, 0.4) is 0 Å². The minimum Gasteiger partial charge on any atom is -0.369 e. The molecule has 0 heterocycles. The fourth-order valence-corrected chi connectivity index (χ4v) is 2.25. The summed E-state index contributed by atoms with van der Waals surface area (Å²) in [5, 5.41) is 2.01. The first kappa shape index (κ1) is 22.7. The van der Waals surface area contributed by atoms with Crippen LogP contribution in [0.25, 0.3) is 0 Å². The Bertz CT molecular complexity index is 641. The number of unbranched alkanes of at least 4 members (excludes halogenated alkanes) is 1. The summed E-state index contributed by atoms with van der Waals surface area (Å²) in [5.41, 5.74) is 1.36. The van der Waals surface area contributed by atoms with E-state index in [0.717, 1.165) is 6.42 Å². The molecule has 27 heavy (non-hydrogen) atoms. The molecule has 0 aliphatic carbocycles. The van der Waals surface area contributed by atoms with E-state index in [1.165, 1.54) is 4.90 Å². The standard InChI is InChI=1S/C16H19F6N3O2/c1-2-3-4-25(8-13(23)26)9-14(27)24-12-6-10(15(17,18)19)5-11(7-12)16(20,21)22/h5-7H,2-4,8-9H2,1H3,(H2,23,26)(H,24,27). The summed E-state index contributed by atoms with van der Waals surface area (Å²) in [4.78, 5) is 24.4. The first-order valence-electron chi connectivity index (χ1n) is 7.93. The summed E-state index contributed by atoms with van der Waals surface area (Å²) in [6.45, 7) is 1.53. The molecule has 0 unspecified atom stereocenters. The van der Waals surface area contributed by atoms with E-state index in [-0.39, 0.29) is 12.6 Å². The number of alkyl halides is 6. The Balaban J connectivity index is 3.01. The van der Waals surface area contributed by atoms with Crippen LogP contribution < -0.4 is 11.1 Å². The van der Waals surface area contributed by atoms with Crippen molar-refractivity contribution in [1.82, 2.24) is 4.90 Å². The van der Waals surface area contributed by atoms with Crippen LogP contribution in [-0.2, 0) is 21.9 Å². The van der Waals surface area contributed by atoms with Crippen LogP contribution in [0.2, 0.25) is 0 Å². The van der Waals surface area contributed by atoms with Gasteiger partial charge in [-0.1, -0.05) is 13.3 Å². The number of benzene rings is 1. The van der Waals surface area contributed by atoms with Crippen LogP contribution in [0.4, 0.5) is 32.0 Å². The smallest absolute Gasteiger partial charge is 0.369 e. The highest BCUT2D eigenvalue weighted by Gasteiger charge is 2.37. The Hall–Kier alpha value is -2.30. The van der Waals surface area contributed by atoms with Gasteiger partial charge in [0.05, 0.1) is 24.2 Å². The van der Waals surface area contributed by atoms with Crippen LogP contribution in [0.1, 0.15) is 30.9 Å². The number of carbonyl (C=O) groups is 2. The van der Waals surface area contributed by atoms with Crippen LogP contribution in [0.5, 0.6) is 0 Å². The maximum atomic E-state index is 12.8. The molecule has 3 N–H and O–H groups in total. The van der Waals surface area contributed by atoms with E-state index in [4.69, 9.17) is 5.73 Å². The Morgan fingerprint density at radius 1 is 1.00 bits per heavy atom. The molecule has 1 aromatic rings. The molecule has 1 rings (SSSR count). The van der Waals surface area contributed by atoms with E-state index in [1.807, 2.05) is 12.2 Å². The molecule has 0 aliphatic heterocycles. The molecule has 0 fully saturated rings. The van der Waals surface area contributed by atoms with Crippen molar-refractivity contribution in [3.05, 3.63) is 29.3 Å². The van der Waals surface area contributed by atoms with Gasteiger partial charge in [-0.05, 0) is 31.2 Å². The molecule has 0 saturated carbocycles. The van der Waals surface area contributed by atoms with E-state index in [9.17, 15) is 35.9 Å². The van der Waals surface area contributed by atoms with E-state index in [0.29, 0.717) is 25.1 Å². The lowest BCUT2D eigenvalue weighted by Crippen LogP contribution is -2.39. The Morgan fingerprint density at radius 3 is 1.93 bits per heavy atom. The summed E-state index contributed by atoms with van der Waals surface area (Å²) in [7, 11) is 0. The Morgan fingerprint density at radius 2 is 1.52 bits per heavy atom. The molecule has 0 aliphatic rings. The van der Waals surface area contributed by atoms with Gasteiger partial charge in [0.2, 0.25) is 11.8 Å². The number of carbonyl (C=O) groups excluding carboxylic acids is 2. The third kappa shape index (κ3) is 7.85. The lowest BCUT2D eigenvalue weighted by molar-refractivity contribution is -0.143. The number of primary amides is 1. The fraction of sp³-hybridized carbons (Fsp3) is 0.500. The second-order valence-electron chi connectivity index (χ2n) is 5.87. The van der Waals surface area contributed by atoms with Gasteiger partial charge in [-0.3, -0.25) is 14.5 Å². The molecule has 0 saturated heterocycles. The van der Waals surface area contributed by atoms with Gasteiger partial charge in [0.25, 0.3) is 0 Å². The maximum absolute atomic E-state index is 12.8. The topological polar surface area (TPSA) is 75.4 Å². The average molecular weight is 399 g/mol. The number of anilines is 1. The van der Waals surface area contributed by atoms with Crippen molar-refractivity contribution in [2.24, 2.45) is 5.73 Å². The van der Waals surface area contributed by atoms with Gasteiger partial charge < -0.3 is 11.1 Å². The maximum Gasteiger partial charge on any atom is 0.416 e. The number of amides is 2. The summed E-state index contributed by atoms with van der Waals surface area (Å²) < 4.78 is 77.0. The zero-order valence-corrected chi connectivity index (χ0v) is 14.4.